The van der Waals surface area contributed by atoms with Crippen LogP contribution in [0.3, 0.4) is 0 Å². The molecular formula is C20H24F4N2O. The summed E-state index contributed by atoms with van der Waals surface area (Å²) < 4.78 is 56.7. The zero-order valence-electron chi connectivity index (χ0n) is 16.0. The topological polar surface area (TPSA) is 26.9 Å². The van der Waals surface area contributed by atoms with Crippen LogP contribution in [0, 0.1) is 11.2 Å². The van der Waals surface area contributed by atoms with Gasteiger partial charge in [-0.3, -0.25) is 9.48 Å². The lowest BCUT2D eigenvalue weighted by molar-refractivity contribution is -0.137. The molecule has 0 radical (unpaired) electrons. The van der Waals surface area contributed by atoms with E-state index in [4.69, 9.17) is 0 Å². The average Bonchev–Trinajstić information content (AvgIpc) is 3.01. The van der Waals surface area contributed by atoms with E-state index in [-0.39, 0.29) is 11.3 Å². The highest BCUT2D eigenvalue weighted by molar-refractivity contribution is 5.44. The van der Waals surface area contributed by atoms with Gasteiger partial charge in [-0.15, -0.1) is 0 Å². The summed E-state index contributed by atoms with van der Waals surface area (Å²) in [6.07, 6.45) is -1.41. The van der Waals surface area contributed by atoms with Crippen molar-refractivity contribution in [1.82, 2.24) is 9.36 Å². The normalized spacial score (nSPS) is 19.6. The monoisotopic (exact) mass is 384 g/mol. The number of hydrogen-bond acceptors (Lipinski definition) is 1. The van der Waals surface area contributed by atoms with Crippen molar-refractivity contribution in [1.29, 1.82) is 0 Å². The molecule has 0 spiro atoms. The Kier molecular flexibility index (Phi) is 4.77. The number of hydrogen-bond donors (Lipinski definition) is 0. The molecule has 3 nitrogen and oxygen atoms in total. The second-order valence-corrected chi connectivity index (χ2v) is 7.95. The van der Waals surface area contributed by atoms with Gasteiger partial charge in [0, 0.05) is 24.4 Å². The van der Waals surface area contributed by atoms with E-state index in [9.17, 15) is 22.4 Å². The molecule has 1 saturated carbocycles. The lowest BCUT2D eigenvalue weighted by Gasteiger charge is -2.26. The quantitative estimate of drug-likeness (QED) is 0.669. The van der Waals surface area contributed by atoms with E-state index in [1.54, 1.807) is 7.05 Å². The first-order valence-electron chi connectivity index (χ1n) is 9.17. The highest BCUT2D eigenvalue weighted by atomic mass is 19.4. The van der Waals surface area contributed by atoms with Crippen LogP contribution >= 0.6 is 0 Å². The number of benzene rings is 1. The summed E-state index contributed by atoms with van der Waals surface area (Å²) in [7, 11) is 1.57. The van der Waals surface area contributed by atoms with Crippen molar-refractivity contribution < 1.29 is 17.6 Å². The SMILES string of the molecule is CCc1c([C@H]2CCCC2(C)C)c(=O)n(-c2cc(F)ccc2C(F)(F)F)n1C. The summed E-state index contributed by atoms with van der Waals surface area (Å²) in [4.78, 5) is 13.3. The Hall–Kier alpha value is -2.05. The first kappa shape index (κ1) is 19.7. The molecule has 0 bridgehead atoms. The van der Waals surface area contributed by atoms with Gasteiger partial charge in [0.05, 0.1) is 11.3 Å². The summed E-state index contributed by atoms with van der Waals surface area (Å²) in [5, 5.41) is 0. The molecule has 2 aromatic rings. The van der Waals surface area contributed by atoms with E-state index in [2.05, 4.69) is 13.8 Å². The maximum atomic E-state index is 13.8. The first-order chi connectivity index (χ1) is 12.5. The Bertz CT molecular complexity index is 921. The summed E-state index contributed by atoms with van der Waals surface area (Å²) in [5.41, 5.74) is -0.794. The number of rotatable bonds is 3. The summed E-state index contributed by atoms with van der Waals surface area (Å²) >= 11 is 0. The molecular weight excluding hydrogens is 360 g/mol. The van der Waals surface area contributed by atoms with Gasteiger partial charge in [-0.25, -0.2) is 9.07 Å². The van der Waals surface area contributed by atoms with Crippen LogP contribution in [-0.4, -0.2) is 9.36 Å². The van der Waals surface area contributed by atoms with Crippen molar-refractivity contribution in [2.24, 2.45) is 12.5 Å². The number of alkyl halides is 3. The van der Waals surface area contributed by atoms with E-state index in [0.29, 0.717) is 23.7 Å². The van der Waals surface area contributed by atoms with Gasteiger partial charge in [0.1, 0.15) is 5.82 Å². The smallest absolute Gasteiger partial charge is 0.285 e. The van der Waals surface area contributed by atoms with Crippen LogP contribution in [0.5, 0.6) is 0 Å². The molecule has 1 heterocycles. The van der Waals surface area contributed by atoms with Gasteiger partial charge in [0.2, 0.25) is 0 Å². The number of halogens is 4. The molecule has 1 aromatic carbocycles. The third-order valence-electron chi connectivity index (χ3n) is 5.86. The third kappa shape index (κ3) is 3.21. The largest absolute Gasteiger partial charge is 0.418 e. The fourth-order valence-electron chi connectivity index (χ4n) is 4.49. The summed E-state index contributed by atoms with van der Waals surface area (Å²) in [6.45, 7) is 6.05. The van der Waals surface area contributed by atoms with Crippen LogP contribution < -0.4 is 5.56 Å². The van der Waals surface area contributed by atoms with Crippen molar-refractivity contribution in [2.75, 3.05) is 0 Å². The molecule has 1 aliphatic carbocycles. The molecule has 27 heavy (non-hydrogen) atoms. The van der Waals surface area contributed by atoms with E-state index < -0.39 is 28.8 Å². The zero-order chi connectivity index (χ0) is 20.1. The molecule has 7 heteroatoms. The van der Waals surface area contributed by atoms with E-state index in [0.717, 1.165) is 36.1 Å². The van der Waals surface area contributed by atoms with Crippen molar-refractivity contribution in [3.8, 4) is 5.69 Å². The fourth-order valence-corrected chi connectivity index (χ4v) is 4.49. The van der Waals surface area contributed by atoms with Gasteiger partial charge in [-0.1, -0.05) is 27.2 Å². The van der Waals surface area contributed by atoms with Crippen molar-refractivity contribution >= 4 is 0 Å². The minimum atomic E-state index is -4.69. The fraction of sp³-hybridized carbons (Fsp3) is 0.550. The predicted molar refractivity (Wildman–Crippen MR) is 95.7 cm³/mol. The third-order valence-corrected chi connectivity index (χ3v) is 5.86. The van der Waals surface area contributed by atoms with E-state index >= 15 is 0 Å². The second kappa shape index (κ2) is 6.53. The maximum Gasteiger partial charge on any atom is 0.418 e. The minimum Gasteiger partial charge on any atom is -0.285 e. The number of aromatic nitrogens is 2. The molecule has 1 atom stereocenters. The van der Waals surface area contributed by atoms with Gasteiger partial charge in [-0.2, -0.15) is 13.2 Å². The Balaban J connectivity index is 2.32. The Morgan fingerprint density at radius 2 is 1.93 bits per heavy atom. The molecule has 0 amide bonds. The summed E-state index contributed by atoms with van der Waals surface area (Å²) in [6, 6.07) is 2.24. The van der Waals surface area contributed by atoms with Crippen LogP contribution in [0.2, 0.25) is 0 Å². The lowest BCUT2D eigenvalue weighted by atomic mass is 9.77. The molecule has 3 rings (SSSR count). The Labute approximate surface area is 155 Å². The van der Waals surface area contributed by atoms with Crippen molar-refractivity contribution in [3.63, 3.8) is 0 Å². The highest BCUT2D eigenvalue weighted by Crippen LogP contribution is 2.49. The van der Waals surface area contributed by atoms with Gasteiger partial charge in [0.15, 0.2) is 0 Å². The van der Waals surface area contributed by atoms with Gasteiger partial charge >= 0.3 is 6.18 Å². The molecule has 0 aliphatic heterocycles. The Morgan fingerprint density at radius 1 is 1.26 bits per heavy atom. The van der Waals surface area contributed by atoms with E-state index in [1.807, 2.05) is 6.92 Å². The van der Waals surface area contributed by atoms with Gasteiger partial charge in [-0.05, 0) is 42.7 Å². The lowest BCUT2D eigenvalue weighted by Crippen LogP contribution is -2.27. The van der Waals surface area contributed by atoms with Crippen LogP contribution in [0.25, 0.3) is 5.69 Å². The molecule has 0 saturated heterocycles. The summed E-state index contributed by atoms with van der Waals surface area (Å²) in [5.74, 6) is -0.831. The standard InChI is InChI=1S/C20H24F4N2O/c1-5-15-17(14-7-6-10-19(14,2)3)18(27)26(25(15)4)16-11-12(21)8-9-13(16)20(22,23)24/h8-9,11,14H,5-7,10H2,1-4H3/t14-/m1/s1. The molecule has 1 fully saturated rings. The minimum absolute atomic E-state index is 0.0182. The van der Waals surface area contributed by atoms with Crippen molar-refractivity contribution in [2.45, 2.75) is 58.5 Å². The average molecular weight is 384 g/mol. The zero-order valence-corrected chi connectivity index (χ0v) is 16.0. The van der Waals surface area contributed by atoms with Gasteiger partial charge < -0.3 is 0 Å². The first-order valence-corrected chi connectivity index (χ1v) is 9.17. The van der Waals surface area contributed by atoms with Crippen LogP contribution in [-0.2, 0) is 19.6 Å². The Morgan fingerprint density at radius 3 is 2.44 bits per heavy atom. The van der Waals surface area contributed by atoms with Crippen molar-refractivity contribution in [3.05, 3.63) is 51.2 Å². The molecule has 148 valence electrons. The van der Waals surface area contributed by atoms with Gasteiger partial charge in [0.25, 0.3) is 5.56 Å². The van der Waals surface area contributed by atoms with Crippen LogP contribution in [0.4, 0.5) is 17.6 Å². The highest BCUT2D eigenvalue weighted by Gasteiger charge is 2.41. The molecule has 1 aromatic heterocycles. The second-order valence-electron chi connectivity index (χ2n) is 7.95. The molecule has 0 unspecified atom stereocenters. The van der Waals surface area contributed by atoms with E-state index in [1.165, 1.54) is 4.68 Å². The number of nitrogens with zero attached hydrogens (tertiary/aromatic N) is 2. The molecule has 1 aliphatic rings. The predicted octanol–water partition coefficient (Wildman–Crippen LogP) is 5.19. The van der Waals surface area contributed by atoms with Crippen LogP contribution in [0.15, 0.2) is 23.0 Å². The van der Waals surface area contributed by atoms with Crippen LogP contribution in [0.1, 0.15) is 62.8 Å². The maximum absolute atomic E-state index is 13.8. The molecule has 0 N–H and O–H groups in total.